The minimum Gasteiger partial charge on any atom is -0.433 e. The van der Waals surface area contributed by atoms with Gasteiger partial charge in [-0.05, 0) is 65.6 Å². The molecule has 0 saturated carbocycles. The summed E-state index contributed by atoms with van der Waals surface area (Å²) < 4.78 is 12.7. The Morgan fingerprint density at radius 2 is 1.85 bits per heavy atom. The van der Waals surface area contributed by atoms with Gasteiger partial charge in [-0.1, -0.05) is 69.3 Å². The summed E-state index contributed by atoms with van der Waals surface area (Å²) in [7, 11) is -2.11. The van der Waals surface area contributed by atoms with Gasteiger partial charge >= 0.3 is 0 Å². The van der Waals surface area contributed by atoms with Gasteiger partial charge in [0.25, 0.3) is 5.91 Å². The van der Waals surface area contributed by atoms with E-state index in [-0.39, 0.29) is 22.8 Å². The van der Waals surface area contributed by atoms with Crippen molar-refractivity contribution in [3.05, 3.63) is 77.5 Å². The predicted molar refractivity (Wildman–Crippen MR) is 133 cm³/mol. The number of benzene rings is 2. The first-order chi connectivity index (χ1) is 15.5. The largest absolute Gasteiger partial charge is 0.433 e. The minimum absolute atomic E-state index is 0.0432. The summed E-state index contributed by atoms with van der Waals surface area (Å²) in [5.74, 6) is 0.149. The van der Waals surface area contributed by atoms with Crippen molar-refractivity contribution in [3.8, 4) is 11.1 Å². The van der Waals surface area contributed by atoms with Crippen molar-refractivity contribution in [2.45, 2.75) is 64.3 Å². The average Bonchev–Trinajstić information content (AvgIpc) is 3.27. The summed E-state index contributed by atoms with van der Waals surface area (Å²) in [5.41, 5.74) is 10.6. The van der Waals surface area contributed by atoms with Crippen molar-refractivity contribution in [3.63, 3.8) is 0 Å². The Hall–Kier alpha value is -2.70. The van der Waals surface area contributed by atoms with Gasteiger partial charge in [0.15, 0.2) is 8.32 Å². The first kappa shape index (κ1) is 23.5. The van der Waals surface area contributed by atoms with Crippen LogP contribution in [0, 0.1) is 5.92 Å². The first-order valence-corrected chi connectivity index (χ1v) is 14.6. The number of carbonyl (C=O) groups excluding carboxylic acids is 1. The van der Waals surface area contributed by atoms with Crippen LogP contribution in [-0.4, -0.2) is 19.2 Å². The predicted octanol–water partition coefficient (Wildman–Crippen LogP) is 6.31. The summed E-state index contributed by atoms with van der Waals surface area (Å²) in [6, 6.07) is 17.3. The molecule has 4 rings (SSSR count). The fraction of sp³-hybridized carbons (Fsp3) is 0.407. The van der Waals surface area contributed by atoms with Gasteiger partial charge < -0.3 is 14.6 Å². The molecule has 5 nitrogen and oxygen atoms in total. The molecule has 0 saturated heterocycles. The molecule has 0 fully saturated rings. The second-order valence-corrected chi connectivity index (χ2v) is 15.3. The molecule has 2 atom stereocenters. The van der Waals surface area contributed by atoms with Crippen LogP contribution in [0.2, 0.25) is 18.1 Å². The van der Waals surface area contributed by atoms with Crippen molar-refractivity contribution >= 4 is 14.2 Å². The Kier molecular flexibility index (Phi) is 6.34. The zero-order chi connectivity index (χ0) is 23.8. The molecule has 0 spiro atoms. The lowest BCUT2D eigenvalue weighted by molar-refractivity contribution is 0.0789. The fourth-order valence-corrected chi connectivity index (χ4v) is 5.51. The van der Waals surface area contributed by atoms with Gasteiger partial charge in [-0.2, -0.15) is 0 Å². The van der Waals surface area contributed by atoms with Crippen LogP contribution < -0.4 is 5.73 Å². The molecule has 0 bridgehead atoms. The smallest absolute Gasteiger partial charge is 0.286 e. The molecule has 0 aliphatic heterocycles. The molecular weight excluding hydrogens is 428 g/mol. The van der Waals surface area contributed by atoms with Crippen molar-refractivity contribution in [1.82, 2.24) is 4.98 Å². The number of carbonyl (C=O) groups is 1. The number of oxazole rings is 1. The summed E-state index contributed by atoms with van der Waals surface area (Å²) in [4.78, 5) is 16.0. The number of nitrogens with zero attached hydrogens (tertiary/aromatic N) is 1. The van der Waals surface area contributed by atoms with Gasteiger partial charge in [0.1, 0.15) is 6.10 Å². The SMILES string of the molecule is CC(C)(C)[Si](C)(C)OC(c1ncc(C(N)=O)o1)C1CCc2cc(-c3ccccc3)ccc2C1. The number of aryl methyl sites for hydroxylation is 1. The number of hydrogen-bond donors (Lipinski definition) is 1. The second-order valence-electron chi connectivity index (χ2n) is 10.6. The lowest BCUT2D eigenvalue weighted by Crippen LogP contribution is -2.43. The number of nitrogens with two attached hydrogens (primary N) is 1. The Morgan fingerprint density at radius 3 is 2.48 bits per heavy atom. The lowest BCUT2D eigenvalue weighted by atomic mass is 9.80. The molecule has 33 heavy (non-hydrogen) atoms. The molecule has 6 heteroatoms. The normalized spacial score (nSPS) is 17.4. The number of fused-ring (bicyclic) bond motifs is 1. The van der Waals surface area contributed by atoms with Gasteiger partial charge in [-0.25, -0.2) is 4.98 Å². The molecule has 1 aromatic heterocycles. The van der Waals surface area contributed by atoms with Crippen LogP contribution in [0.3, 0.4) is 0 Å². The fourth-order valence-electron chi connectivity index (χ4n) is 4.23. The van der Waals surface area contributed by atoms with Crippen molar-refractivity contribution in [2.75, 3.05) is 0 Å². The van der Waals surface area contributed by atoms with Gasteiger partial charge in [0.05, 0.1) is 6.20 Å². The molecule has 3 aromatic rings. The van der Waals surface area contributed by atoms with Crippen LogP contribution in [0.5, 0.6) is 0 Å². The van der Waals surface area contributed by atoms with Crippen molar-refractivity contribution in [1.29, 1.82) is 0 Å². The third kappa shape index (κ3) is 4.97. The van der Waals surface area contributed by atoms with Gasteiger partial charge in [0, 0.05) is 0 Å². The Labute approximate surface area is 197 Å². The molecule has 2 unspecified atom stereocenters. The van der Waals surface area contributed by atoms with Crippen LogP contribution in [0.1, 0.15) is 60.9 Å². The van der Waals surface area contributed by atoms with E-state index >= 15 is 0 Å². The monoisotopic (exact) mass is 462 g/mol. The van der Waals surface area contributed by atoms with E-state index in [1.807, 2.05) is 6.07 Å². The molecule has 1 aliphatic rings. The zero-order valence-corrected chi connectivity index (χ0v) is 21.2. The van der Waals surface area contributed by atoms with E-state index in [0.717, 1.165) is 19.3 Å². The van der Waals surface area contributed by atoms with Crippen LogP contribution in [-0.2, 0) is 17.3 Å². The highest BCUT2D eigenvalue weighted by molar-refractivity contribution is 6.74. The van der Waals surface area contributed by atoms with E-state index in [1.54, 1.807) is 0 Å². The topological polar surface area (TPSA) is 78.4 Å². The lowest BCUT2D eigenvalue weighted by Gasteiger charge is -2.41. The molecule has 1 heterocycles. The van der Waals surface area contributed by atoms with Gasteiger partial charge in [-0.15, -0.1) is 0 Å². The number of amides is 1. The molecule has 0 radical (unpaired) electrons. The zero-order valence-electron chi connectivity index (χ0n) is 20.2. The van der Waals surface area contributed by atoms with E-state index < -0.39 is 14.2 Å². The third-order valence-electron chi connectivity index (χ3n) is 7.25. The van der Waals surface area contributed by atoms with Crippen LogP contribution in [0.15, 0.2) is 59.1 Å². The van der Waals surface area contributed by atoms with Gasteiger partial charge in [0.2, 0.25) is 11.7 Å². The quantitative estimate of drug-likeness (QED) is 0.436. The average molecular weight is 463 g/mol. The second kappa shape index (κ2) is 8.91. The maximum Gasteiger partial charge on any atom is 0.286 e. The molecule has 1 aliphatic carbocycles. The number of rotatable bonds is 6. The van der Waals surface area contributed by atoms with Gasteiger partial charge in [-0.3, -0.25) is 4.79 Å². The molecule has 1 amide bonds. The maximum atomic E-state index is 11.6. The third-order valence-corrected chi connectivity index (χ3v) is 11.7. The molecule has 174 valence electrons. The summed E-state index contributed by atoms with van der Waals surface area (Å²) in [5, 5.41) is 0.0432. The standard InChI is InChI=1S/C27H34N2O3Si/c1-27(2,3)33(4,5)32-24(26-29-17-23(31-26)25(28)30)22-14-13-20-15-19(11-12-21(20)16-22)18-9-7-6-8-10-18/h6-12,15,17,22,24H,13-14,16H2,1-5H3,(H2,28,30). The van der Waals surface area contributed by atoms with Crippen molar-refractivity contribution in [2.24, 2.45) is 11.7 Å². The summed E-state index contributed by atoms with van der Waals surface area (Å²) >= 11 is 0. The maximum absolute atomic E-state index is 11.6. The number of hydrogen-bond acceptors (Lipinski definition) is 4. The van der Waals surface area contributed by atoms with Crippen LogP contribution >= 0.6 is 0 Å². The molecule has 2 aromatic carbocycles. The highest BCUT2D eigenvalue weighted by Gasteiger charge is 2.43. The minimum atomic E-state index is -2.11. The van der Waals surface area contributed by atoms with Crippen LogP contribution in [0.25, 0.3) is 11.1 Å². The molecular formula is C27H34N2O3Si. The van der Waals surface area contributed by atoms with E-state index in [4.69, 9.17) is 14.6 Å². The van der Waals surface area contributed by atoms with E-state index in [0.29, 0.717) is 5.89 Å². The molecule has 2 N–H and O–H groups in total. The number of primary amides is 1. The number of aromatic nitrogens is 1. The Bertz CT molecular complexity index is 1130. The van der Waals surface area contributed by atoms with Crippen molar-refractivity contribution < 1.29 is 13.6 Å². The van der Waals surface area contributed by atoms with Crippen LogP contribution in [0.4, 0.5) is 0 Å². The Balaban J connectivity index is 1.63. The van der Waals surface area contributed by atoms with E-state index in [1.165, 1.54) is 28.5 Å². The first-order valence-electron chi connectivity index (χ1n) is 11.7. The van der Waals surface area contributed by atoms with E-state index in [9.17, 15) is 4.79 Å². The highest BCUT2D eigenvalue weighted by atomic mass is 28.4. The summed E-state index contributed by atoms with van der Waals surface area (Å²) in [6.07, 6.45) is 3.95. The Morgan fingerprint density at radius 1 is 1.12 bits per heavy atom. The highest BCUT2D eigenvalue weighted by Crippen LogP contribution is 2.44. The summed E-state index contributed by atoms with van der Waals surface area (Å²) in [6.45, 7) is 11.1. The van der Waals surface area contributed by atoms with E-state index in [2.05, 4.69) is 81.3 Å².